The number of ether oxygens (including phenoxy) is 1. The summed E-state index contributed by atoms with van der Waals surface area (Å²) < 4.78 is 7.04. The molecule has 20 heavy (non-hydrogen) atoms. The number of benzene rings is 1. The molecule has 2 nitrogen and oxygen atoms in total. The molecule has 1 saturated heterocycles. The quantitative estimate of drug-likeness (QED) is 0.876. The molecule has 0 unspecified atom stereocenters. The van der Waals surface area contributed by atoms with E-state index in [9.17, 15) is 0 Å². The van der Waals surface area contributed by atoms with Crippen molar-refractivity contribution in [2.75, 3.05) is 20.2 Å². The minimum atomic E-state index is 0.648. The third-order valence-electron chi connectivity index (χ3n) is 4.98. The molecule has 0 radical (unpaired) electrons. The van der Waals surface area contributed by atoms with Gasteiger partial charge in [-0.15, -0.1) is 0 Å². The van der Waals surface area contributed by atoms with E-state index in [4.69, 9.17) is 4.74 Å². The van der Waals surface area contributed by atoms with Gasteiger partial charge in [-0.25, -0.2) is 0 Å². The highest BCUT2D eigenvalue weighted by Gasteiger charge is 2.28. The Morgan fingerprint density at radius 1 is 1.10 bits per heavy atom. The third kappa shape index (κ3) is 2.39. The Morgan fingerprint density at radius 3 is 2.40 bits per heavy atom. The van der Waals surface area contributed by atoms with Gasteiger partial charge in [0.05, 0.1) is 11.6 Å². The zero-order valence-electron chi connectivity index (χ0n) is 12.5. The van der Waals surface area contributed by atoms with Crippen molar-refractivity contribution < 1.29 is 4.74 Å². The highest BCUT2D eigenvalue weighted by atomic mass is 79.9. The first kappa shape index (κ1) is 14.4. The molecule has 0 spiro atoms. The summed E-state index contributed by atoms with van der Waals surface area (Å²) >= 11 is 3.84. The molecule has 0 bridgehead atoms. The first-order valence-electron chi connectivity index (χ1n) is 7.82. The Hall–Kier alpha value is -0.540. The van der Waals surface area contributed by atoms with Crippen LogP contribution in [0.5, 0.6) is 5.75 Å². The molecule has 1 fully saturated rings. The van der Waals surface area contributed by atoms with Crippen molar-refractivity contribution in [1.29, 1.82) is 0 Å². The van der Waals surface area contributed by atoms with Crippen LogP contribution in [-0.4, -0.2) is 20.2 Å². The van der Waals surface area contributed by atoms with Crippen LogP contribution >= 0.6 is 15.9 Å². The molecule has 0 amide bonds. The van der Waals surface area contributed by atoms with Crippen molar-refractivity contribution in [2.24, 2.45) is 0 Å². The van der Waals surface area contributed by atoms with Crippen molar-refractivity contribution in [1.82, 2.24) is 5.32 Å². The van der Waals surface area contributed by atoms with Gasteiger partial charge in [-0.05, 0) is 97.1 Å². The fourth-order valence-corrected chi connectivity index (χ4v) is 4.76. The number of halogens is 1. The Balaban J connectivity index is 2.14. The summed E-state index contributed by atoms with van der Waals surface area (Å²) in [5, 5.41) is 3.47. The van der Waals surface area contributed by atoms with Gasteiger partial charge in [0.25, 0.3) is 0 Å². The lowest BCUT2D eigenvalue weighted by atomic mass is 9.80. The van der Waals surface area contributed by atoms with E-state index in [1.807, 2.05) is 7.11 Å². The van der Waals surface area contributed by atoms with Gasteiger partial charge in [0.2, 0.25) is 0 Å². The summed E-state index contributed by atoms with van der Waals surface area (Å²) in [6.45, 7) is 4.57. The van der Waals surface area contributed by atoms with E-state index >= 15 is 0 Å². The largest absolute Gasteiger partial charge is 0.495 e. The van der Waals surface area contributed by atoms with Crippen molar-refractivity contribution in [3.05, 3.63) is 26.7 Å². The van der Waals surface area contributed by atoms with Crippen molar-refractivity contribution in [3.8, 4) is 5.75 Å². The van der Waals surface area contributed by atoms with Gasteiger partial charge in [0.15, 0.2) is 0 Å². The fourth-order valence-electron chi connectivity index (χ4n) is 3.95. The highest BCUT2D eigenvalue weighted by Crippen LogP contribution is 2.45. The van der Waals surface area contributed by atoms with Crippen LogP contribution in [0.15, 0.2) is 4.47 Å². The van der Waals surface area contributed by atoms with Crippen LogP contribution in [0.4, 0.5) is 0 Å². The second-order valence-electron chi connectivity index (χ2n) is 6.07. The Kier molecular flexibility index (Phi) is 4.37. The van der Waals surface area contributed by atoms with E-state index in [-0.39, 0.29) is 0 Å². The molecule has 1 aromatic carbocycles. The normalized spacial score (nSPS) is 19.8. The second-order valence-corrected chi connectivity index (χ2v) is 6.87. The zero-order valence-corrected chi connectivity index (χ0v) is 14.1. The summed E-state index contributed by atoms with van der Waals surface area (Å²) in [4.78, 5) is 0. The summed E-state index contributed by atoms with van der Waals surface area (Å²) in [5.41, 5.74) is 6.08. The number of fused-ring (bicyclic) bond motifs is 1. The lowest BCUT2D eigenvalue weighted by Gasteiger charge is -2.31. The Labute approximate surface area is 130 Å². The zero-order chi connectivity index (χ0) is 14.1. The van der Waals surface area contributed by atoms with E-state index in [1.54, 1.807) is 5.56 Å². The lowest BCUT2D eigenvalue weighted by molar-refractivity contribution is 0.386. The number of nitrogens with one attached hydrogen (secondary N) is 1. The van der Waals surface area contributed by atoms with Gasteiger partial charge in [0, 0.05) is 5.56 Å². The molecule has 1 N–H and O–H groups in total. The minimum absolute atomic E-state index is 0.648. The molecule has 0 aromatic heterocycles. The number of hydrogen-bond acceptors (Lipinski definition) is 2. The minimum Gasteiger partial charge on any atom is -0.495 e. The van der Waals surface area contributed by atoms with Gasteiger partial charge in [-0.3, -0.25) is 0 Å². The Morgan fingerprint density at radius 2 is 1.75 bits per heavy atom. The molecule has 3 rings (SSSR count). The van der Waals surface area contributed by atoms with Crippen molar-refractivity contribution in [3.63, 3.8) is 0 Å². The van der Waals surface area contributed by atoms with Gasteiger partial charge in [0.1, 0.15) is 5.75 Å². The number of rotatable bonds is 2. The van der Waals surface area contributed by atoms with E-state index in [0.717, 1.165) is 18.8 Å². The number of methoxy groups -OCH3 is 1. The maximum atomic E-state index is 5.81. The monoisotopic (exact) mass is 337 g/mol. The molecular weight excluding hydrogens is 314 g/mol. The van der Waals surface area contributed by atoms with Gasteiger partial charge >= 0.3 is 0 Å². The number of hydrogen-bond donors (Lipinski definition) is 1. The van der Waals surface area contributed by atoms with Crippen LogP contribution in [0, 0.1) is 6.92 Å². The average molecular weight is 338 g/mol. The molecule has 1 aliphatic carbocycles. The van der Waals surface area contributed by atoms with Crippen LogP contribution < -0.4 is 10.1 Å². The van der Waals surface area contributed by atoms with Crippen LogP contribution in [0.1, 0.15) is 53.9 Å². The van der Waals surface area contributed by atoms with Crippen LogP contribution in [0.3, 0.4) is 0 Å². The van der Waals surface area contributed by atoms with Crippen LogP contribution in [-0.2, 0) is 12.8 Å². The molecule has 1 aromatic rings. The maximum absolute atomic E-state index is 5.81. The second kappa shape index (κ2) is 6.07. The predicted molar refractivity (Wildman–Crippen MR) is 86.9 cm³/mol. The summed E-state index contributed by atoms with van der Waals surface area (Å²) in [5.74, 6) is 1.75. The summed E-state index contributed by atoms with van der Waals surface area (Å²) in [6.07, 6.45) is 7.52. The highest BCUT2D eigenvalue weighted by molar-refractivity contribution is 9.10. The molecule has 110 valence electrons. The molecule has 0 atom stereocenters. The predicted octanol–water partition coefficient (Wildman–Crippen LogP) is 4.11. The summed E-state index contributed by atoms with van der Waals surface area (Å²) in [6, 6.07) is 0. The smallest absolute Gasteiger partial charge is 0.137 e. The molecule has 1 heterocycles. The van der Waals surface area contributed by atoms with Crippen molar-refractivity contribution in [2.45, 2.75) is 51.4 Å². The van der Waals surface area contributed by atoms with Crippen LogP contribution in [0.25, 0.3) is 0 Å². The van der Waals surface area contributed by atoms with Gasteiger partial charge < -0.3 is 10.1 Å². The third-order valence-corrected chi connectivity index (χ3v) is 5.82. The van der Waals surface area contributed by atoms with E-state index < -0.39 is 0 Å². The average Bonchev–Trinajstić information content (AvgIpc) is 2.51. The molecule has 1 aliphatic heterocycles. The SMILES string of the molecule is COc1c(Br)c2c(c(C)c1C1CCNCC1)CCCC2. The first-order chi connectivity index (χ1) is 9.74. The van der Waals surface area contributed by atoms with Gasteiger partial charge in [-0.1, -0.05) is 0 Å². The summed E-state index contributed by atoms with van der Waals surface area (Å²) in [7, 11) is 1.82. The number of piperidine rings is 1. The molecular formula is C17H24BrNO. The van der Waals surface area contributed by atoms with E-state index in [0.29, 0.717) is 5.92 Å². The first-order valence-corrected chi connectivity index (χ1v) is 8.61. The molecule has 2 aliphatic rings. The van der Waals surface area contributed by atoms with Gasteiger partial charge in [-0.2, -0.15) is 0 Å². The fraction of sp³-hybridized carbons (Fsp3) is 0.647. The standard InChI is InChI=1S/C17H24BrNO/c1-11-13-5-3-4-6-14(13)16(18)17(20-2)15(11)12-7-9-19-10-8-12/h12,19H,3-10H2,1-2H3. The molecule has 3 heteroatoms. The van der Waals surface area contributed by atoms with Crippen molar-refractivity contribution >= 4 is 15.9 Å². The molecule has 0 saturated carbocycles. The van der Waals surface area contributed by atoms with Crippen LogP contribution in [0.2, 0.25) is 0 Å². The van der Waals surface area contributed by atoms with E-state index in [1.165, 1.54) is 59.7 Å². The lowest BCUT2D eigenvalue weighted by Crippen LogP contribution is -2.27. The van der Waals surface area contributed by atoms with E-state index in [2.05, 4.69) is 28.2 Å². The Bertz CT molecular complexity index is 506. The topological polar surface area (TPSA) is 21.3 Å². The maximum Gasteiger partial charge on any atom is 0.137 e.